The van der Waals surface area contributed by atoms with Gasteiger partial charge in [0.2, 0.25) is 0 Å². The molecular weight excluding hydrogens is 304 g/mol. The van der Waals surface area contributed by atoms with E-state index >= 15 is 0 Å². The number of hydrogen-bond donors (Lipinski definition) is 2. The van der Waals surface area contributed by atoms with Gasteiger partial charge in [0.15, 0.2) is 0 Å². The van der Waals surface area contributed by atoms with E-state index in [2.05, 4.69) is 26.2 Å². The van der Waals surface area contributed by atoms with Crippen molar-refractivity contribution in [2.24, 2.45) is 0 Å². The fourth-order valence-corrected chi connectivity index (χ4v) is 2.36. The highest BCUT2D eigenvalue weighted by Gasteiger charge is 2.08. The lowest BCUT2D eigenvalue weighted by Crippen LogP contribution is -2.23. The van der Waals surface area contributed by atoms with Crippen molar-refractivity contribution in [3.8, 4) is 0 Å². The predicted octanol–water partition coefficient (Wildman–Crippen LogP) is 2.13. The number of aromatic nitrogens is 1. The zero-order chi connectivity index (χ0) is 12.3. The van der Waals surface area contributed by atoms with Crippen molar-refractivity contribution in [1.29, 1.82) is 0 Å². The summed E-state index contributed by atoms with van der Waals surface area (Å²) in [6.45, 7) is 0.318. The first kappa shape index (κ1) is 12.1. The molecule has 0 radical (unpaired) electrons. The van der Waals surface area contributed by atoms with Crippen molar-refractivity contribution in [1.82, 2.24) is 10.3 Å². The van der Waals surface area contributed by atoms with Gasteiger partial charge in [-0.15, -0.1) is 0 Å². The number of H-pyrrole nitrogens is 1. The molecule has 0 saturated heterocycles. The first-order chi connectivity index (χ1) is 8.16. The molecule has 6 heteroatoms. The Balaban J connectivity index is 2.03. The first-order valence-corrected chi connectivity index (χ1v) is 6.53. The van der Waals surface area contributed by atoms with E-state index in [4.69, 9.17) is 0 Å². The summed E-state index contributed by atoms with van der Waals surface area (Å²) in [6.07, 6.45) is 0. The summed E-state index contributed by atoms with van der Waals surface area (Å²) in [5, 5.41) is 4.43. The molecule has 0 unspecified atom stereocenters. The van der Waals surface area contributed by atoms with Gasteiger partial charge >= 0.3 is 4.87 Å². The molecule has 0 aliphatic heterocycles. The van der Waals surface area contributed by atoms with Crippen molar-refractivity contribution < 1.29 is 4.79 Å². The van der Waals surface area contributed by atoms with Crippen LogP contribution in [0.1, 0.15) is 16.1 Å². The molecule has 2 N–H and O–H groups in total. The lowest BCUT2D eigenvalue weighted by molar-refractivity contribution is 0.0949. The van der Waals surface area contributed by atoms with Crippen LogP contribution in [0.5, 0.6) is 0 Å². The Bertz CT molecular complexity index is 591. The molecule has 17 heavy (non-hydrogen) atoms. The third kappa shape index (κ3) is 3.04. The summed E-state index contributed by atoms with van der Waals surface area (Å²) in [6, 6.07) is 7.18. The lowest BCUT2D eigenvalue weighted by atomic mass is 10.2. The number of thiazole rings is 1. The number of halogens is 1. The maximum Gasteiger partial charge on any atom is 0.304 e. The Morgan fingerprint density at radius 1 is 1.41 bits per heavy atom. The van der Waals surface area contributed by atoms with E-state index in [9.17, 15) is 9.59 Å². The van der Waals surface area contributed by atoms with Crippen LogP contribution in [-0.2, 0) is 6.54 Å². The topological polar surface area (TPSA) is 62.0 Å². The summed E-state index contributed by atoms with van der Waals surface area (Å²) in [5.41, 5.74) is 1.28. The molecule has 2 rings (SSSR count). The molecule has 1 amide bonds. The number of aromatic amines is 1. The zero-order valence-electron chi connectivity index (χ0n) is 8.70. The van der Waals surface area contributed by atoms with Crippen LogP contribution in [0.4, 0.5) is 0 Å². The normalized spacial score (nSPS) is 10.2. The van der Waals surface area contributed by atoms with Crippen molar-refractivity contribution in [3.05, 3.63) is 55.0 Å². The molecule has 0 saturated carbocycles. The zero-order valence-corrected chi connectivity index (χ0v) is 11.1. The standard InChI is InChI=1S/C11H9BrN2O2S/c12-9-4-2-1-3-8(9)10(15)13-5-7-6-17-11(16)14-7/h1-4,6H,5H2,(H,13,15)(H,14,16). The summed E-state index contributed by atoms with van der Waals surface area (Å²) >= 11 is 4.39. The smallest absolute Gasteiger partial charge is 0.304 e. The van der Waals surface area contributed by atoms with Crippen LogP contribution >= 0.6 is 27.3 Å². The van der Waals surface area contributed by atoms with Gasteiger partial charge in [0.25, 0.3) is 5.91 Å². The van der Waals surface area contributed by atoms with Gasteiger partial charge in [0.1, 0.15) is 0 Å². The van der Waals surface area contributed by atoms with Gasteiger partial charge in [-0.2, -0.15) is 0 Å². The van der Waals surface area contributed by atoms with Crippen molar-refractivity contribution in [3.63, 3.8) is 0 Å². The highest BCUT2D eigenvalue weighted by Crippen LogP contribution is 2.15. The first-order valence-electron chi connectivity index (χ1n) is 4.86. The molecule has 0 atom stereocenters. The molecule has 88 valence electrons. The van der Waals surface area contributed by atoms with Gasteiger partial charge in [0, 0.05) is 15.5 Å². The second-order valence-corrected chi connectivity index (χ2v) is 5.03. The van der Waals surface area contributed by atoms with Gasteiger partial charge in [-0.05, 0) is 28.1 Å². The van der Waals surface area contributed by atoms with Crippen LogP contribution in [0.3, 0.4) is 0 Å². The maximum absolute atomic E-state index is 11.8. The molecule has 4 nitrogen and oxygen atoms in total. The predicted molar refractivity (Wildman–Crippen MR) is 70.3 cm³/mol. The molecule has 1 heterocycles. The summed E-state index contributed by atoms with van der Waals surface area (Å²) in [4.78, 5) is 25.2. The fraction of sp³-hybridized carbons (Fsp3) is 0.0909. The van der Waals surface area contributed by atoms with Crippen LogP contribution in [0.25, 0.3) is 0 Å². The monoisotopic (exact) mass is 312 g/mol. The van der Waals surface area contributed by atoms with E-state index in [1.807, 2.05) is 6.07 Å². The van der Waals surface area contributed by atoms with Crippen molar-refractivity contribution in [2.45, 2.75) is 6.54 Å². The third-order valence-electron chi connectivity index (χ3n) is 2.13. The SMILES string of the molecule is O=C(NCc1csc(=O)[nH]1)c1ccccc1Br. The maximum atomic E-state index is 11.8. The number of carbonyl (C=O) groups is 1. The molecule has 0 bridgehead atoms. The molecule has 0 spiro atoms. The second kappa shape index (κ2) is 5.29. The van der Waals surface area contributed by atoms with Crippen LogP contribution in [0.15, 0.2) is 38.9 Å². The van der Waals surface area contributed by atoms with Crippen LogP contribution < -0.4 is 10.2 Å². The van der Waals surface area contributed by atoms with Crippen molar-refractivity contribution in [2.75, 3.05) is 0 Å². The molecule has 0 aliphatic carbocycles. The molecule has 2 aromatic rings. The van der Waals surface area contributed by atoms with E-state index in [1.165, 1.54) is 0 Å². The van der Waals surface area contributed by atoms with E-state index in [0.717, 1.165) is 15.8 Å². The minimum atomic E-state index is -0.176. The molecule has 1 aromatic heterocycles. The van der Waals surface area contributed by atoms with E-state index < -0.39 is 0 Å². The van der Waals surface area contributed by atoms with Gasteiger partial charge in [-0.3, -0.25) is 9.59 Å². The van der Waals surface area contributed by atoms with Crippen LogP contribution in [0.2, 0.25) is 0 Å². The average Bonchev–Trinajstić information content (AvgIpc) is 2.73. The van der Waals surface area contributed by atoms with Crippen LogP contribution in [0, 0.1) is 0 Å². The Hall–Kier alpha value is -1.40. The van der Waals surface area contributed by atoms with E-state index in [-0.39, 0.29) is 10.8 Å². The van der Waals surface area contributed by atoms with Gasteiger partial charge in [-0.1, -0.05) is 23.5 Å². The number of carbonyl (C=O) groups excluding carboxylic acids is 1. The van der Waals surface area contributed by atoms with Crippen LogP contribution in [-0.4, -0.2) is 10.9 Å². The summed E-state index contributed by atoms with van der Waals surface area (Å²) in [5.74, 6) is -0.176. The largest absolute Gasteiger partial charge is 0.346 e. The Kier molecular flexibility index (Phi) is 3.75. The highest BCUT2D eigenvalue weighted by atomic mass is 79.9. The number of nitrogens with one attached hydrogen (secondary N) is 2. The minimum Gasteiger partial charge on any atom is -0.346 e. The molecule has 0 aliphatic rings. The Labute approximate surface area is 110 Å². The summed E-state index contributed by atoms with van der Waals surface area (Å²) in [7, 11) is 0. The minimum absolute atomic E-state index is 0.116. The molecule has 1 aromatic carbocycles. The summed E-state index contributed by atoms with van der Waals surface area (Å²) < 4.78 is 0.747. The molecule has 0 fully saturated rings. The Morgan fingerprint density at radius 2 is 2.18 bits per heavy atom. The van der Waals surface area contributed by atoms with E-state index in [0.29, 0.717) is 17.8 Å². The lowest BCUT2D eigenvalue weighted by Gasteiger charge is -2.05. The van der Waals surface area contributed by atoms with Gasteiger partial charge < -0.3 is 10.3 Å². The van der Waals surface area contributed by atoms with E-state index in [1.54, 1.807) is 23.6 Å². The number of amides is 1. The average molecular weight is 313 g/mol. The highest BCUT2D eigenvalue weighted by molar-refractivity contribution is 9.10. The van der Waals surface area contributed by atoms with Crippen molar-refractivity contribution >= 4 is 33.2 Å². The fourth-order valence-electron chi connectivity index (χ4n) is 1.32. The quantitative estimate of drug-likeness (QED) is 0.912. The number of hydrogen-bond acceptors (Lipinski definition) is 3. The second-order valence-electron chi connectivity index (χ2n) is 3.34. The molecular formula is C11H9BrN2O2S. The number of rotatable bonds is 3. The third-order valence-corrected chi connectivity index (χ3v) is 3.54. The van der Waals surface area contributed by atoms with Gasteiger partial charge in [0.05, 0.1) is 12.1 Å². The van der Waals surface area contributed by atoms with Gasteiger partial charge in [-0.25, -0.2) is 0 Å². The number of benzene rings is 1. The Morgan fingerprint density at radius 3 is 2.82 bits per heavy atom.